The van der Waals surface area contributed by atoms with E-state index in [1.54, 1.807) is 6.92 Å². The van der Waals surface area contributed by atoms with Gasteiger partial charge in [-0.05, 0) is 39.8 Å². The molecule has 5 nitrogen and oxygen atoms in total. The molecule has 1 N–H and O–H groups in total. The SMILES string of the molecule is C[C@H](C(=O)NC(C)(C)C)[S@](=O)Cc1cc(F)cc2c1OCOC2. The highest BCUT2D eigenvalue weighted by Crippen LogP contribution is 2.30. The van der Waals surface area contributed by atoms with Gasteiger partial charge in [-0.2, -0.15) is 0 Å². The second-order valence-corrected chi connectivity index (χ2v) is 8.33. The third kappa shape index (κ3) is 4.75. The van der Waals surface area contributed by atoms with Gasteiger partial charge in [0.25, 0.3) is 0 Å². The lowest BCUT2D eigenvalue weighted by molar-refractivity contribution is -0.121. The van der Waals surface area contributed by atoms with Crippen LogP contribution in [0.5, 0.6) is 5.75 Å². The fraction of sp³-hybridized carbons (Fsp3) is 0.562. The molecule has 0 aliphatic carbocycles. The van der Waals surface area contributed by atoms with Crippen molar-refractivity contribution in [2.24, 2.45) is 0 Å². The average molecular weight is 343 g/mol. The van der Waals surface area contributed by atoms with Crippen LogP contribution >= 0.6 is 0 Å². The molecule has 7 heteroatoms. The summed E-state index contributed by atoms with van der Waals surface area (Å²) in [4.78, 5) is 12.1. The second kappa shape index (κ2) is 6.97. The van der Waals surface area contributed by atoms with Crippen molar-refractivity contribution in [2.45, 2.75) is 50.8 Å². The van der Waals surface area contributed by atoms with Crippen LogP contribution < -0.4 is 10.1 Å². The number of fused-ring (bicyclic) bond motifs is 1. The first-order chi connectivity index (χ1) is 10.7. The van der Waals surface area contributed by atoms with Crippen molar-refractivity contribution in [2.75, 3.05) is 6.79 Å². The molecule has 0 fully saturated rings. The molecule has 1 heterocycles. The zero-order valence-electron chi connectivity index (χ0n) is 13.8. The topological polar surface area (TPSA) is 64.6 Å². The van der Waals surface area contributed by atoms with Crippen LogP contribution in [0.1, 0.15) is 38.8 Å². The molecule has 1 aromatic carbocycles. The Morgan fingerprint density at radius 3 is 2.78 bits per heavy atom. The molecular formula is C16H22FNO4S. The fourth-order valence-corrected chi connectivity index (χ4v) is 3.30. The minimum Gasteiger partial charge on any atom is -0.467 e. The fourth-order valence-electron chi connectivity index (χ4n) is 2.23. The van der Waals surface area contributed by atoms with Crippen molar-refractivity contribution in [1.29, 1.82) is 0 Å². The summed E-state index contributed by atoms with van der Waals surface area (Å²) < 4.78 is 36.7. The Morgan fingerprint density at radius 1 is 1.43 bits per heavy atom. The molecule has 1 amide bonds. The first-order valence-corrected chi connectivity index (χ1v) is 8.76. The maximum Gasteiger partial charge on any atom is 0.235 e. The smallest absolute Gasteiger partial charge is 0.235 e. The zero-order valence-corrected chi connectivity index (χ0v) is 14.6. The predicted molar refractivity (Wildman–Crippen MR) is 85.9 cm³/mol. The first kappa shape index (κ1) is 17.9. The third-order valence-corrected chi connectivity index (χ3v) is 4.91. The summed E-state index contributed by atoms with van der Waals surface area (Å²) >= 11 is 0. The predicted octanol–water partition coefficient (Wildman–Crippen LogP) is 2.24. The van der Waals surface area contributed by atoms with E-state index in [9.17, 15) is 13.4 Å². The Labute approximate surface area is 138 Å². The number of hydrogen-bond donors (Lipinski definition) is 1. The Kier molecular flexibility index (Phi) is 5.41. The molecule has 0 radical (unpaired) electrons. The maximum atomic E-state index is 13.7. The minimum atomic E-state index is -1.49. The van der Waals surface area contributed by atoms with Crippen molar-refractivity contribution in [3.8, 4) is 5.75 Å². The molecule has 2 rings (SSSR count). The van der Waals surface area contributed by atoms with Crippen molar-refractivity contribution in [3.63, 3.8) is 0 Å². The van der Waals surface area contributed by atoms with Crippen molar-refractivity contribution < 1.29 is 22.9 Å². The third-order valence-electron chi connectivity index (χ3n) is 3.31. The van der Waals surface area contributed by atoms with Crippen LogP contribution in [0.4, 0.5) is 4.39 Å². The second-order valence-electron chi connectivity index (χ2n) is 6.57. The standard InChI is InChI=1S/C16H22FNO4S/c1-10(15(19)18-16(2,3)4)23(20)8-12-6-13(17)5-11-7-21-9-22-14(11)12/h5-6,10H,7-9H2,1-4H3,(H,18,19)/t10-,23-/m1/s1. The number of rotatable bonds is 4. The maximum absolute atomic E-state index is 13.7. The number of benzene rings is 1. The van der Waals surface area contributed by atoms with E-state index in [1.807, 2.05) is 20.8 Å². The van der Waals surface area contributed by atoms with Gasteiger partial charge in [0.05, 0.1) is 12.4 Å². The highest BCUT2D eigenvalue weighted by Gasteiger charge is 2.26. The van der Waals surface area contributed by atoms with E-state index < -0.39 is 27.4 Å². The van der Waals surface area contributed by atoms with Crippen LogP contribution in [0.2, 0.25) is 0 Å². The molecule has 0 aromatic heterocycles. The lowest BCUT2D eigenvalue weighted by atomic mass is 10.1. The molecule has 0 bridgehead atoms. The Balaban J connectivity index is 2.14. The Morgan fingerprint density at radius 2 is 2.13 bits per heavy atom. The van der Waals surface area contributed by atoms with E-state index in [4.69, 9.17) is 9.47 Å². The number of nitrogens with one attached hydrogen (secondary N) is 1. The van der Waals surface area contributed by atoms with Gasteiger partial charge in [-0.25, -0.2) is 4.39 Å². The van der Waals surface area contributed by atoms with E-state index in [0.29, 0.717) is 16.9 Å². The monoisotopic (exact) mass is 343 g/mol. The van der Waals surface area contributed by atoms with Gasteiger partial charge in [-0.15, -0.1) is 0 Å². The summed E-state index contributed by atoms with van der Waals surface area (Å²) in [6.45, 7) is 7.52. The van der Waals surface area contributed by atoms with Gasteiger partial charge >= 0.3 is 0 Å². The van der Waals surface area contributed by atoms with Crippen LogP contribution in [0.15, 0.2) is 12.1 Å². The van der Waals surface area contributed by atoms with Gasteiger partial charge in [-0.3, -0.25) is 9.00 Å². The molecule has 1 aliphatic rings. The van der Waals surface area contributed by atoms with Gasteiger partial charge in [0.2, 0.25) is 5.91 Å². The zero-order chi connectivity index (χ0) is 17.2. The van der Waals surface area contributed by atoms with Gasteiger partial charge in [0, 0.05) is 27.5 Å². The molecule has 128 valence electrons. The minimum absolute atomic E-state index is 0.0544. The van der Waals surface area contributed by atoms with E-state index in [1.165, 1.54) is 12.1 Å². The summed E-state index contributed by atoms with van der Waals surface area (Å²) in [5.41, 5.74) is 0.695. The lowest BCUT2D eigenvalue weighted by Crippen LogP contribution is -2.46. The van der Waals surface area contributed by atoms with Crippen LogP contribution in [-0.4, -0.2) is 27.7 Å². The summed E-state index contributed by atoms with van der Waals surface area (Å²) in [6, 6.07) is 2.65. The number of hydrogen-bond acceptors (Lipinski definition) is 4. The van der Waals surface area contributed by atoms with E-state index in [-0.39, 0.29) is 25.1 Å². The van der Waals surface area contributed by atoms with Crippen molar-refractivity contribution >= 4 is 16.7 Å². The van der Waals surface area contributed by atoms with E-state index >= 15 is 0 Å². The average Bonchev–Trinajstić information content (AvgIpc) is 2.44. The number of halogens is 1. The van der Waals surface area contributed by atoms with Crippen LogP contribution in [0.25, 0.3) is 0 Å². The largest absolute Gasteiger partial charge is 0.467 e. The normalized spacial score (nSPS) is 16.9. The molecule has 0 unspecified atom stereocenters. The highest BCUT2D eigenvalue weighted by atomic mass is 32.2. The van der Waals surface area contributed by atoms with Crippen molar-refractivity contribution in [3.05, 3.63) is 29.1 Å². The van der Waals surface area contributed by atoms with Crippen molar-refractivity contribution in [1.82, 2.24) is 5.32 Å². The summed E-state index contributed by atoms with van der Waals surface area (Å²) in [7, 11) is -1.49. The van der Waals surface area contributed by atoms with Gasteiger partial charge < -0.3 is 14.8 Å². The molecule has 0 spiro atoms. The molecule has 0 saturated carbocycles. The lowest BCUT2D eigenvalue weighted by Gasteiger charge is -2.24. The number of ether oxygens (including phenoxy) is 2. The molecule has 0 saturated heterocycles. The summed E-state index contributed by atoms with van der Waals surface area (Å²) in [5, 5.41) is 2.10. The summed E-state index contributed by atoms with van der Waals surface area (Å²) in [6.07, 6.45) is 0. The number of carbonyl (C=O) groups excluding carboxylic acids is 1. The van der Waals surface area contributed by atoms with E-state index in [0.717, 1.165) is 0 Å². The quantitative estimate of drug-likeness (QED) is 0.911. The first-order valence-electron chi connectivity index (χ1n) is 7.38. The van der Waals surface area contributed by atoms with Crippen LogP contribution in [0, 0.1) is 5.82 Å². The molecule has 1 aliphatic heterocycles. The van der Waals surface area contributed by atoms with Gasteiger partial charge in [-0.1, -0.05) is 0 Å². The summed E-state index contributed by atoms with van der Waals surface area (Å²) in [5.74, 6) is -0.157. The Hall–Kier alpha value is -1.47. The van der Waals surface area contributed by atoms with Crippen LogP contribution in [-0.2, 0) is 32.7 Å². The molecular weight excluding hydrogens is 321 g/mol. The molecule has 2 atom stereocenters. The molecule has 23 heavy (non-hydrogen) atoms. The Bertz CT molecular complexity index is 627. The highest BCUT2D eigenvalue weighted by molar-refractivity contribution is 7.85. The van der Waals surface area contributed by atoms with Gasteiger partial charge in [0.15, 0.2) is 6.79 Å². The van der Waals surface area contributed by atoms with Gasteiger partial charge in [0.1, 0.15) is 16.8 Å². The van der Waals surface area contributed by atoms with Crippen LogP contribution in [0.3, 0.4) is 0 Å². The number of carbonyl (C=O) groups is 1. The number of amides is 1. The molecule has 1 aromatic rings. The van der Waals surface area contributed by atoms with E-state index in [2.05, 4.69) is 5.32 Å².